The summed E-state index contributed by atoms with van der Waals surface area (Å²) in [6, 6.07) is 7.39. The molecule has 2 rings (SSSR count). The summed E-state index contributed by atoms with van der Waals surface area (Å²) in [4.78, 5) is 15.7. The van der Waals surface area contributed by atoms with Gasteiger partial charge in [-0.25, -0.2) is 4.98 Å². The average molecular weight is 292 g/mol. The van der Waals surface area contributed by atoms with Crippen molar-refractivity contribution < 1.29 is 14.6 Å². The first kappa shape index (κ1) is 14.5. The third-order valence-corrected chi connectivity index (χ3v) is 3.86. The Morgan fingerprint density at radius 3 is 2.60 bits per heavy atom. The van der Waals surface area contributed by atoms with Crippen LogP contribution in [0.3, 0.4) is 0 Å². The molecule has 0 spiro atoms. The molecular formula is C14H16N2O3S. The van der Waals surface area contributed by atoms with Crippen molar-refractivity contribution in [2.75, 3.05) is 7.11 Å². The first-order valence-electron chi connectivity index (χ1n) is 6.32. The Balaban J connectivity index is 2.18. The van der Waals surface area contributed by atoms with Crippen LogP contribution >= 0.6 is 11.5 Å². The number of methoxy groups -OCH3 is 1. The molecule has 1 aromatic carbocycles. The second-order valence-electron chi connectivity index (χ2n) is 4.35. The molecule has 6 heteroatoms. The summed E-state index contributed by atoms with van der Waals surface area (Å²) in [5.41, 5.74) is 0.937. The summed E-state index contributed by atoms with van der Waals surface area (Å²) >= 11 is 1.17. The van der Waals surface area contributed by atoms with Crippen LogP contribution in [0.2, 0.25) is 0 Å². The third-order valence-electron chi connectivity index (χ3n) is 3.00. The molecule has 20 heavy (non-hydrogen) atoms. The number of ether oxygens (including phenoxy) is 1. The molecule has 0 radical (unpaired) electrons. The van der Waals surface area contributed by atoms with Crippen LogP contribution in [-0.4, -0.2) is 27.5 Å². The maximum atomic E-state index is 11.4. The van der Waals surface area contributed by atoms with E-state index in [2.05, 4.69) is 9.36 Å². The molecule has 1 heterocycles. The third kappa shape index (κ3) is 3.33. The number of carboxylic acids is 1. The van der Waals surface area contributed by atoms with Gasteiger partial charge in [0.1, 0.15) is 22.5 Å². The highest BCUT2D eigenvalue weighted by molar-refractivity contribution is 7.05. The van der Waals surface area contributed by atoms with Gasteiger partial charge in [-0.15, -0.1) is 0 Å². The van der Waals surface area contributed by atoms with Crippen molar-refractivity contribution in [3.8, 4) is 5.75 Å². The van der Waals surface area contributed by atoms with Crippen molar-refractivity contribution in [1.82, 2.24) is 9.36 Å². The van der Waals surface area contributed by atoms with E-state index in [1.807, 2.05) is 31.2 Å². The zero-order valence-electron chi connectivity index (χ0n) is 11.4. The molecule has 1 atom stereocenters. The minimum atomic E-state index is -0.875. The van der Waals surface area contributed by atoms with Crippen LogP contribution in [0.25, 0.3) is 0 Å². The van der Waals surface area contributed by atoms with Gasteiger partial charge in [0.15, 0.2) is 0 Å². The quantitative estimate of drug-likeness (QED) is 0.885. The van der Waals surface area contributed by atoms with Crippen molar-refractivity contribution in [1.29, 1.82) is 0 Å². The molecule has 0 bridgehead atoms. The summed E-state index contributed by atoms with van der Waals surface area (Å²) in [5, 5.41) is 9.95. The van der Waals surface area contributed by atoms with Crippen LogP contribution in [0.15, 0.2) is 24.3 Å². The van der Waals surface area contributed by atoms with Crippen LogP contribution in [-0.2, 0) is 17.6 Å². The summed E-state index contributed by atoms with van der Waals surface area (Å²) in [6.07, 6.45) is 1.11. The fraction of sp³-hybridized carbons (Fsp3) is 0.357. The lowest BCUT2D eigenvalue weighted by atomic mass is 10.00. The maximum Gasteiger partial charge on any atom is 0.313 e. The molecule has 0 aliphatic carbocycles. The molecule has 1 N–H and O–H groups in total. The number of aromatic nitrogens is 2. The zero-order chi connectivity index (χ0) is 14.5. The van der Waals surface area contributed by atoms with E-state index in [0.717, 1.165) is 11.3 Å². The standard InChI is InChI=1S/C14H16N2O3S/c1-3-12-15-13(20-16-12)11(14(17)18)8-9-4-6-10(19-2)7-5-9/h4-7,11H,3,8H2,1-2H3,(H,17,18). The highest BCUT2D eigenvalue weighted by Gasteiger charge is 2.24. The van der Waals surface area contributed by atoms with Crippen LogP contribution in [0.4, 0.5) is 0 Å². The SMILES string of the molecule is CCc1nsc(C(Cc2ccc(OC)cc2)C(=O)O)n1. The average Bonchev–Trinajstić information content (AvgIpc) is 2.93. The number of hydrogen-bond acceptors (Lipinski definition) is 5. The van der Waals surface area contributed by atoms with Crippen molar-refractivity contribution in [2.24, 2.45) is 0 Å². The van der Waals surface area contributed by atoms with E-state index < -0.39 is 11.9 Å². The predicted octanol–water partition coefficient (Wildman–Crippen LogP) is 2.52. The zero-order valence-corrected chi connectivity index (χ0v) is 12.2. The van der Waals surface area contributed by atoms with Gasteiger partial charge in [-0.1, -0.05) is 19.1 Å². The van der Waals surface area contributed by atoms with Gasteiger partial charge in [-0.3, -0.25) is 4.79 Å². The van der Waals surface area contributed by atoms with Gasteiger partial charge < -0.3 is 9.84 Å². The number of nitrogens with zero attached hydrogens (tertiary/aromatic N) is 2. The number of rotatable bonds is 6. The van der Waals surface area contributed by atoms with Crippen molar-refractivity contribution in [3.63, 3.8) is 0 Å². The Hall–Kier alpha value is -1.95. The lowest BCUT2D eigenvalue weighted by molar-refractivity contribution is -0.138. The molecule has 0 saturated carbocycles. The van der Waals surface area contributed by atoms with E-state index in [-0.39, 0.29) is 0 Å². The van der Waals surface area contributed by atoms with Gasteiger partial charge in [0.05, 0.1) is 7.11 Å². The monoisotopic (exact) mass is 292 g/mol. The largest absolute Gasteiger partial charge is 0.497 e. The first-order valence-corrected chi connectivity index (χ1v) is 7.09. The molecule has 0 aliphatic heterocycles. The Morgan fingerprint density at radius 2 is 2.10 bits per heavy atom. The van der Waals surface area contributed by atoms with E-state index >= 15 is 0 Å². The van der Waals surface area contributed by atoms with E-state index in [1.165, 1.54) is 11.5 Å². The van der Waals surface area contributed by atoms with Crippen molar-refractivity contribution in [3.05, 3.63) is 40.7 Å². The topological polar surface area (TPSA) is 72.3 Å². The lowest BCUT2D eigenvalue weighted by Gasteiger charge is -2.09. The Bertz CT molecular complexity index is 580. The van der Waals surface area contributed by atoms with Gasteiger partial charge in [0.2, 0.25) is 0 Å². The second-order valence-corrected chi connectivity index (χ2v) is 5.13. The molecule has 106 valence electrons. The second kappa shape index (κ2) is 6.47. The summed E-state index contributed by atoms with van der Waals surface area (Å²) in [5.74, 6) is -0.0726. The molecule has 1 aromatic heterocycles. The molecule has 0 amide bonds. The lowest BCUT2D eigenvalue weighted by Crippen LogP contribution is -2.14. The van der Waals surface area contributed by atoms with Crippen LogP contribution in [0.1, 0.15) is 29.2 Å². The molecular weight excluding hydrogens is 276 g/mol. The van der Waals surface area contributed by atoms with Gasteiger partial charge in [-0.05, 0) is 35.6 Å². The van der Waals surface area contributed by atoms with E-state index in [0.29, 0.717) is 23.7 Å². The maximum absolute atomic E-state index is 11.4. The highest BCUT2D eigenvalue weighted by Crippen LogP contribution is 2.24. The number of aliphatic carboxylic acids is 1. The van der Waals surface area contributed by atoms with Crippen molar-refractivity contribution >= 4 is 17.5 Å². The van der Waals surface area contributed by atoms with Gasteiger partial charge in [-0.2, -0.15) is 4.37 Å². The molecule has 0 saturated heterocycles. The highest BCUT2D eigenvalue weighted by atomic mass is 32.1. The van der Waals surface area contributed by atoms with E-state index in [1.54, 1.807) is 7.11 Å². The summed E-state index contributed by atoms with van der Waals surface area (Å²) in [7, 11) is 1.60. The minimum absolute atomic E-state index is 0.400. The molecule has 0 fully saturated rings. The van der Waals surface area contributed by atoms with Crippen LogP contribution < -0.4 is 4.74 Å². The number of aryl methyl sites for hydroxylation is 1. The molecule has 1 unspecified atom stereocenters. The fourth-order valence-corrected chi connectivity index (χ4v) is 2.66. The Kier molecular flexibility index (Phi) is 4.68. The van der Waals surface area contributed by atoms with Crippen LogP contribution in [0, 0.1) is 0 Å². The van der Waals surface area contributed by atoms with E-state index in [9.17, 15) is 9.90 Å². The molecule has 2 aromatic rings. The Morgan fingerprint density at radius 1 is 1.40 bits per heavy atom. The first-order chi connectivity index (χ1) is 9.63. The van der Waals surface area contributed by atoms with Crippen molar-refractivity contribution in [2.45, 2.75) is 25.7 Å². The number of carboxylic acid groups (broad SMARTS) is 1. The van der Waals surface area contributed by atoms with Crippen LogP contribution in [0.5, 0.6) is 5.75 Å². The molecule has 0 aliphatic rings. The Labute approximate surface area is 121 Å². The summed E-state index contributed by atoms with van der Waals surface area (Å²) < 4.78 is 9.24. The minimum Gasteiger partial charge on any atom is -0.497 e. The fourth-order valence-electron chi connectivity index (χ4n) is 1.83. The normalized spacial score (nSPS) is 12.1. The van der Waals surface area contributed by atoms with E-state index in [4.69, 9.17) is 4.74 Å². The number of carbonyl (C=O) groups is 1. The number of benzene rings is 1. The predicted molar refractivity (Wildman–Crippen MR) is 76.4 cm³/mol. The molecule has 5 nitrogen and oxygen atoms in total. The smallest absolute Gasteiger partial charge is 0.313 e. The van der Waals surface area contributed by atoms with Gasteiger partial charge >= 0.3 is 5.97 Å². The summed E-state index contributed by atoms with van der Waals surface area (Å²) in [6.45, 7) is 1.95. The van der Waals surface area contributed by atoms with Gasteiger partial charge in [0.25, 0.3) is 0 Å². The van der Waals surface area contributed by atoms with Gasteiger partial charge in [0, 0.05) is 6.42 Å². The number of hydrogen-bond donors (Lipinski definition) is 1.